The van der Waals surface area contributed by atoms with Crippen molar-refractivity contribution in [3.05, 3.63) is 48.0 Å². The first-order valence-electron chi connectivity index (χ1n) is 11.0. The summed E-state index contributed by atoms with van der Waals surface area (Å²) >= 11 is 0. The van der Waals surface area contributed by atoms with E-state index in [-0.39, 0.29) is 37.2 Å². The summed E-state index contributed by atoms with van der Waals surface area (Å²) in [6.07, 6.45) is 1.62. The second-order valence-electron chi connectivity index (χ2n) is 8.04. The molecule has 0 aromatic heterocycles. The molecule has 2 heterocycles. The Morgan fingerprint density at radius 2 is 1.82 bits per heavy atom. The first-order valence-corrected chi connectivity index (χ1v) is 12.4. The molecule has 0 aliphatic carbocycles. The van der Waals surface area contributed by atoms with E-state index >= 15 is 0 Å². The standard InChI is InChI=1S/C23H28N2O7S/c26-18(15-30-19-6-9-21-22(13-19)32-16-31-21)14-24-23(27)10-5-17-3-7-20(8-4-17)33(28,29)25-11-1-2-12-25/h3-4,6-9,13,18,26H,1-2,5,10-12,14-16H2,(H,24,27). The van der Waals surface area contributed by atoms with Gasteiger partial charge in [0, 0.05) is 32.1 Å². The summed E-state index contributed by atoms with van der Waals surface area (Å²) in [6.45, 7) is 1.40. The molecule has 2 aliphatic rings. The van der Waals surface area contributed by atoms with Gasteiger partial charge in [-0.3, -0.25) is 4.79 Å². The number of nitrogens with one attached hydrogen (secondary N) is 1. The number of hydrogen-bond acceptors (Lipinski definition) is 7. The quantitative estimate of drug-likeness (QED) is 0.536. The molecule has 2 aliphatic heterocycles. The summed E-state index contributed by atoms with van der Waals surface area (Å²) in [5, 5.41) is 12.8. The molecule has 2 aromatic rings. The van der Waals surface area contributed by atoms with Crippen molar-refractivity contribution in [3.63, 3.8) is 0 Å². The molecule has 9 nitrogen and oxygen atoms in total. The van der Waals surface area contributed by atoms with Crippen LogP contribution >= 0.6 is 0 Å². The van der Waals surface area contributed by atoms with Crippen molar-refractivity contribution in [2.24, 2.45) is 0 Å². The first kappa shape index (κ1) is 23.3. The number of amides is 1. The van der Waals surface area contributed by atoms with Crippen LogP contribution in [0, 0.1) is 0 Å². The van der Waals surface area contributed by atoms with Gasteiger partial charge in [0.2, 0.25) is 22.7 Å². The van der Waals surface area contributed by atoms with Crippen LogP contribution < -0.4 is 19.5 Å². The number of rotatable bonds is 10. The molecule has 10 heteroatoms. The van der Waals surface area contributed by atoms with Crippen LogP contribution in [-0.2, 0) is 21.2 Å². The van der Waals surface area contributed by atoms with E-state index < -0.39 is 16.1 Å². The topological polar surface area (TPSA) is 114 Å². The monoisotopic (exact) mass is 476 g/mol. The summed E-state index contributed by atoms with van der Waals surface area (Å²) in [6, 6.07) is 11.8. The molecule has 0 bridgehead atoms. The van der Waals surface area contributed by atoms with E-state index in [1.165, 1.54) is 4.31 Å². The van der Waals surface area contributed by atoms with Crippen LogP contribution in [0.2, 0.25) is 0 Å². The Labute approximate surface area is 193 Å². The zero-order valence-electron chi connectivity index (χ0n) is 18.2. The highest BCUT2D eigenvalue weighted by molar-refractivity contribution is 7.89. The number of carbonyl (C=O) groups is 1. The number of benzene rings is 2. The summed E-state index contributed by atoms with van der Waals surface area (Å²) in [4.78, 5) is 12.4. The van der Waals surface area contributed by atoms with Crippen LogP contribution in [0.4, 0.5) is 0 Å². The summed E-state index contributed by atoms with van der Waals surface area (Å²) in [5.41, 5.74) is 0.872. The zero-order valence-corrected chi connectivity index (χ0v) is 19.1. The van der Waals surface area contributed by atoms with Crippen molar-refractivity contribution in [3.8, 4) is 17.2 Å². The van der Waals surface area contributed by atoms with E-state index in [0.29, 0.717) is 36.8 Å². The highest BCUT2D eigenvalue weighted by Crippen LogP contribution is 2.35. The van der Waals surface area contributed by atoms with E-state index in [0.717, 1.165) is 18.4 Å². The molecule has 1 atom stereocenters. The Bertz CT molecular complexity index is 1070. The lowest BCUT2D eigenvalue weighted by atomic mass is 10.1. The van der Waals surface area contributed by atoms with E-state index in [9.17, 15) is 18.3 Å². The third-order valence-electron chi connectivity index (χ3n) is 5.59. The molecular weight excluding hydrogens is 448 g/mol. The van der Waals surface area contributed by atoms with Crippen molar-refractivity contribution >= 4 is 15.9 Å². The van der Waals surface area contributed by atoms with Gasteiger partial charge in [0.1, 0.15) is 18.5 Å². The number of aliphatic hydroxyl groups is 1. The molecule has 2 aromatic carbocycles. The number of nitrogens with zero attached hydrogens (tertiary/aromatic N) is 1. The Kier molecular flexibility index (Phi) is 7.36. The van der Waals surface area contributed by atoms with Gasteiger partial charge in [0.15, 0.2) is 11.5 Å². The lowest BCUT2D eigenvalue weighted by molar-refractivity contribution is -0.121. The maximum Gasteiger partial charge on any atom is 0.243 e. The Balaban J connectivity index is 1.17. The number of hydrogen-bond donors (Lipinski definition) is 2. The van der Waals surface area contributed by atoms with Crippen molar-refractivity contribution < 1.29 is 32.5 Å². The number of aliphatic hydroxyl groups excluding tert-OH is 1. The number of carbonyl (C=O) groups excluding carboxylic acids is 1. The molecule has 33 heavy (non-hydrogen) atoms. The predicted octanol–water partition coefficient (Wildman–Crippen LogP) is 1.69. The first-order chi connectivity index (χ1) is 15.9. The van der Waals surface area contributed by atoms with Crippen LogP contribution in [0.3, 0.4) is 0 Å². The van der Waals surface area contributed by atoms with Gasteiger partial charge in [-0.15, -0.1) is 0 Å². The smallest absolute Gasteiger partial charge is 0.243 e. The number of fused-ring (bicyclic) bond motifs is 1. The molecule has 1 unspecified atom stereocenters. The van der Waals surface area contributed by atoms with Gasteiger partial charge < -0.3 is 24.6 Å². The van der Waals surface area contributed by atoms with Crippen LogP contribution in [0.5, 0.6) is 17.2 Å². The average molecular weight is 477 g/mol. The molecule has 2 N–H and O–H groups in total. The molecular formula is C23H28N2O7S. The lowest BCUT2D eigenvalue weighted by Crippen LogP contribution is -2.35. The molecule has 0 radical (unpaired) electrons. The summed E-state index contributed by atoms with van der Waals surface area (Å²) in [5.74, 6) is 1.58. The molecule has 4 rings (SSSR count). The van der Waals surface area contributed by atoms with Gasteiger partial charge in [0.25, 0.3) is 0 Å². The minimum atomic E-state index is -3.43. The minimum absolute atomic E-state index is 0.0207. The second kappa shape index (κ2) is 10.4. The van der Waals surface area contributed by atoms with Crippen molar-refractivity contribution in [1.82, 2.24) is 9.62 Å². The average Bonchev–Trinajstić information content (AvgIpc) is 3.52. The van der Waals surface area contributed by atoms with Crippen LogP contribution in [-0.4, -0.2) is 62.9 Å². The molecule has 1 amide bonds. The maximum absolute atomic E-state index is 12.6. The second-order valence-corrected chi connectivity index (χ2v) is 9.98. The van der Waals surface area contributed by atoms with E-state index in [4.69, 9.17) is 14.2 Å². The van der Waals surface area contributed by atoms with Gasteiger partial charge in [-0.2, -0.15) is 4.31 Å². The van der Waals surface area contributed by atoms with Crippen molar-refractivity contribution in [2.75, 3.05) is 33.0 Å². The zero-order chi connectivity index (χ0) is 23.3. The fraction of sp³-hybridized carbons (Fsp3) is 0.435. The SMILES string of the molecule is O=C(CCc1ccc(S(=O)(=O)N2CCCC2)cc1)NCC(O)COc1ccc2c(c1)OCO2. The number of ether oxygens (including phenoxy) is 3. The third-order valence-corrected chi connectivity index (χ3v) is 7.50. The van der Waals surface area contributed by atoms with Crippen molar-refractivity contribution in [2.45, 2.75) is 36.7 Å². The Morgan fingerprint density at radius 1 is 1.09 bits per heavy atom. The van der Waals surface area contributed by atoms with Crippen LogP contribution in [0.1, 0.15) is 24.8 Å². The number of aryl methyl sites for hydroxylation is 1. The van der Waals surface area contributed by atoms with Gasteiger partial charge in [-0.25, -0.2) is 8.42 Å². The van der Waals surface area contributed by atoms with E-state index in [1.807, 2.05) is 0 Å². The fourth-order valence-electron chi connectivity index (χ4n) is 3.70. The Hall–Kier alpha value is -2.82. The van der Waals surface area contributed by atoms with Crippen LogP contribution in [0.15, 0.2) is 47.4 Å². The minimum Gasteiger partial charge on any atom is -0.491 e. The lowest BCUT2D eigenvalue weighted by Gasteiger charge is -2.15. The van der Waals surface area contributed by atoms with Crippen LogP contribution in [0.25, 0.3) is 0 Å². The van der Waals surface area contributed by atoms with E-state index in [1.54, 1.807) is 42.5 Å². The molecule has 1 saturated heterocycles. The summed E-state index contributed by atoms with van der Waals surface area (Å²) < 4.78 is 42.7. The highest BCUT2D eigenvalue weighted by atomic mass is 32.2. The molecule has 1 fully saturated rings. The Morgan fingerprint density at radius 3 is 2.58 bits per heavy atom. The highest BCUT2D eigenvalue weighted by Gasteiger charge is 2.26. The molecule has 0 saturated carbocycles. The largest absolute Gasteiger partial charge is 0.491 e. The fourth-order valence-corrected chi connectivity index (χ4v) is 5.22. The number of sulfonamides is 1. The summed E-state index contributed by atoms with van der Waals surface area (Å²) in [7, 11) is -3.43. The van der Waals surface area contributed by atoms with Crippen molar-refractivity contribution in [1.29, 1.82) is 0 Å². The molecule has 178 valence electrons. The van der Waals surface area contributed by atoms with Gasteiger partial charge >= 0.3 is 0 Å². The molecule has 0 spiro atoms. The maximum atomic E-state index is 12.6. The van der Waals surface area contributed by atoms with Gasteiger partial charge in [-0.05, 0) is 49.1 Å². The normalized spacial score (nSPS) is 16.5. The van der Waals surface area contributed by atoms with Gasteiger partial charge in [0.05, 0.1) is 4.90 Å². The van der Waals surface area contributed by atoms with Gasteiger partial charge in [-0.1, -0.05) is 12.1 Å². The van der Waals surface area contributed by atoms with E-state index in [2.05, 4.69) is 5.32 Å². The third kappa shape index (κ3) is 5.95. The predicted molar refractivity (Wildman–Crippen MR) is 120 cm³/mol.